The van der Waals surface area contributed by atoms with Gasteiger partial charge < -0.3 is 26.0 Å². The van der Waals surface area contributed by atoms with Crippen LogP contribution in [0.25, 0.3) is 0 Å². The van der Waals surface area contributed by atoms with Crippen LogP contribution in [0.15, 0.2) is 54.6 Å². The smallest absolute Gasteiger partial charge is 0.247 e. The normalized spacial score (nSPS) is 22.0. The molecule has 206 valence electrons. The first-order valence-corrected chi connectivity index (χ1v) is 13.6. The molecule has 0 saturated carbocycles. The van der Waals surface area contributed by atoms with E-state index in [1.54, 1.807) is 7.05 Å². The van der Waals surface area contributed by atoms with Gasteiger partial charge in [-0.15, -0.1) is 0 Å². The molecule has 0 fully saturated rings. The van der Waals surface area contributed by atoms with Crippen LogP contribution in [0.1, 0.15) is 45.2 Å². The van der Waals surface area contributed by atoms with Gasteiger partial charge in [-0.05, 0) is 55.0 Å². The van der Waals surface area contributed by atoms with Gasteiger partial charge in [0, 0.05) is 6.54 Å². The van der Waals surface area contributed by atoms with Crippen LogP contribution in [0.5, 0.6) is 5.75 Å². The van der Waals surface area contributed by atoms with E-state index in [1.165, 1.54) is 0 Å². The van der Waals surface area contributed by atoms with Gasteiger partial charge >= 0.3 is 0 Å². The van der Waals surface area contributed by atoms with Gasteiger partial charge in [-0.3, -0.25) is 14.4 Å². The Labute approximate surface area is 226 Å². The molecule has 2 bridgehead atoms. The fourth-order valence-electron chi connectivity index (χ4n) is 4.59. The van der Waals surface area contributed by atoms with E-state index in [4.69, 9.17) is 4.74 Å². The molecule has 0 aliphatic carbocycles. The summed E-state index contributed by atoms with van der Waals surface area (Å²) in [5.74, 6) is -0.577. The quantitative estimate of drug-likeness (QED) is 0.426. The maximum atomic E-state index is 13.8. The SMILES string of the molecule is CCC(C)C1NC(=O)C(NC(=O)C(Cc2ccccc2)NC)C(C(C)C)Oc2ccc(cc2)CCNC1=O. The Morgan fingerprint density at radius 1 is 1.03 bits per heavy atom. The number of likely N-dealkylation sites (N-methyl/N-ethyl adjacent to an activating group) is 1. The van der Waals surface area contributed by atoms with Gasteiger partial charge in [0.15, 0.2) is 0 Å². The number of carbonyl (C=O) groups excluding carboxylic acids is 3. The lowest BCUT2D eigenvalue weighted by Crippen LogP contribution is -2.62. The number of ether oxygens (including phenoxy) is 1. The molecular formula is C30H42N4O4. The molecule has 0 radical (unpaired) electrons. The summed E-state index contributed by atoms with van der Waals surface area (Å²) in [7, 11) is 1.72. The molecule has 2 heterocycles. The molecule has 2 aromatic rings. The summed E-state index contributed by atoms with van der Waals surface area (Å²) in [5.41, 5.74) is 2.07. The number of amides is 3. The molecule has 2 aliphatic rings. The van der Waals surface area contributed by atoms with Crippen LogP contribution in [0.4, 0.5) is 0 Å². The van der Waals surface area contributed by atoms with Crippen LogP contribution in [0.3, 0.4) is 0 Å². The van der Waals surface area contributed by atoms with Crippen molar-refractivity contribution in [3.63, 3.8) is 0 Å². The number of carbonyl (C=O) groups is 3. The third-order valence-electron chi connectivity index (χ3n) is 7.22. The van der Waals surface area contributed by atoms with Crippen molar-refractivity contribution in [2.24, 2.45) is 11.8 Å². The zero-order valence-electron chi connectivity index (χ0n) is 23.1. The second-order valence-corrected chi connectivity index (χ2v) is 10.4. The molecular weight excluding hydrogens is 480 g/mol. The van der Waals surface area contributed by atoms with E-state index in [0.29, 0.717) is 31.6 Å². The summed E-state index contributed by atoms with van der Waals surface area (Å²) < 4.78 is 6.34. The van der Waals surface area contributed by atoms with Crippen molar-refractivity contribution in [2.45, 2.75) is 71.2 Å². The highest BCUT2D eigenvalue weighted by Crippen LogP contribution is 2.21. The molecule has 0 saturated heterocycles. The average Bonchev–Trinajstić information content (AvgIpc) is 2.92. The molecule has 3 amide bonds. The Bertz CT molecular complexity index is 1060. The highest BCUT2D eigenvalue weighted by atomic mass is 16.5. The van der Waals surface area contributed by atoms with Gasteiger partial charge in [0.05, 0.1) is 6.04 Å². The van der Waals surface area contributed by atoms with Gasteiger partial charge in [-0.1, -0.05) is 76.6 Å². The Morgan fingerprint density at radius 3 is 2.32 bits per heavy atom. The molecule has 0 spiro atoms. The van der Waals surface area contributed by atoms with E-state index in [2.05, 4.69) is 21.3 Å². The van der Waals surface area contributed by atoms with Crippen LogP contribution in [-0.4, -0.2) is 55.5 Å². The van der Waals surface area contributed by atoms with Crippen molar-refractivity contribution in [3.05, 3.63) is 65.7 Å². The van der Waals surface area contributed by atoms with Crippen molar-refractivity contribution in [1.82, 2.24) is 21.3 Å². The summed E-state index contributed by atoms with van der Waals surface area (Å²) in [4.78, 5) is 40.5. The maximum absolute atomic E-state index is 13.8. The van der Waals surface area contributed by atoms with Crippen molar-refractivity contribution >= 4 is 17.7 Å². The van der Waals surface area contributed by atoms with Gasteiger partial charge in [-0.2, -0.15) is 0 Å². The third kappa shape index (κ3) is 7.81. The lowest BCUT2D eigenvalue weighted by Gasteiger charge is -2.33. The van der Waals surface area contributed by atoms with Crippen molar-refractivity contribution in [3.8, 4) is 5.75 Å². The fraction of sp³-hybridized carbons (Fsp3) is 0.500. The number of benzene rings is 2. The lowest BCUT2D eigenvalue weighted by atomic mass is 9.94. The van der Waals surface area contributed by atoms with Crippen LogP contribution in [0.2, 0.25) is 0 Å². The molecule has 4 N–H and O–H groups in total. The van der Waals surface area contributed by atoms with Crippen LogP contribution >= 0.6 is 0 Å². The van der Waals surface area contributed by atoms with Crippen LogP contribution in [0, 0.1) is 11.8 Å². The van der Waals surface area contributed by atoms with Crippen molar-refractivity contribution in [2.75, 3.05) is 13.6 Å². The number of hydrogen-bond acceptors (Lipinski definition) is 5. The van der Waals surface area contributed by atoms with E-state index in [0.717, 1.165) is 11.1 Å². The maximum Gasteiger partial charge on any atom is 0.247 e. The Balaban J connectivity index is 1.95. The minimum absolute atomic E-state index is 0.0944. The third-order valence-corrected chi connectivity index (χ3v) is 7.22. The summed E-state index contributed by atoms with van der Waals surface area (Å²) in [6.07, 6.45) is 1.18. The predicted octanol–water partition coefficient (Wildman–Crippen LogP) is 2.61. The molecule has 0 aromatic heterocycles. The highest BCUT2D eigenvalue weighted by molar-refractivity contribution is 5.93. The molecule has 8 nitrogen and oxygen atoms in total. The zero-order chi connectivity index (χ0) is 27.7. The molecule has 4 rings (SSSR count). The monoisotopic (exact) mass is 522 g/mol. The fourth-order valence-corrected chi connectivity index (χ4v) is 4.59. The van der Waals surface area contributed by atoms with Crippen molar-refractivity contribution < 1.29 is 19.1 Å². The lowest BCUT2D eigenvalue weighted by molar-refractivity contribution is -0.136. The first-order valence-electron chi connectivity index (χ1n) is 13.6. The second-order valence-electron chi connectivity index (χ2n) is 10.4. The number of fused-ring (bicyclic) bond motifs is 11. The van der Waals surface area contributed by atoms with Gasteiger partial charge in [-0.25, -0.2) is 0 Å². The van der Waals surface area contributed by atoms with Crippen LogP contribution < -0.4 is 26.0 Å². The first kappa shape index (κ1) is 29.2. The Kier molecular flexibility index (Phi) is 10.7. The minimum Gasteiger partial charge on any atom is -0.487 e. The van der Waals surface area contributed by atoms with E-state index in [1.807, 2.05) is 82.3 Å². The second kappa shape index (κ2) is 14.0. The van der Waals surface area contributed by atoms with Crippen molar-refractivity contribution in [1.29, 1.82) is 0 Å². The van der Waals surface area contributed by atoms with Crippen LogP contribution in [-0.2, 0) is 27.2 Å². The van der Waals surface area contributed by atoms with Gasteiger partial charge in [0.25, 0.3) is 0 Å². The summed E-state index contributed by atoms with van der Waals surface area (Å²) >= 11 is 0. The number of hydrogen-bond donors (Lipinski definition) is 4. The van der Waals surface area contributed by atoms with E-state index in [-0.39, 0.29) is 23.7 Å². The summed E-state index contributed by atoms with van der Waals surface area (Å²) in [5, 5.41) is 12.0. The van der Waals surface area contributed by atoms with E-state index < -0.39 is 30.1 Å². The molecule has 2 aliphatic heterocycles. The first-order chi connectivity index (χ1) is 18.2. The standard InChI is InChI=1S/C30H42N4O4/c1-6-20(4)25-29(36)32-17-16-21-12-14-23(15-13-21)38-27(19(2)3)26(30(37)33-25)34-28(35)24(31-5)18-22-10-8-7-9-11-22/h7-15,19-20,24-27,31H,6,16-18H2,1-5H3,(H,32,36)(H,33,37)(H,34,35). The predicted molar refractivity (Wildman–Crippen MR) is 149 cm³/mol. The summed E-state index contributed by atoms with van der Waals surface area (Å²) in [6.45, 7) is 8.28. The largest absolute Gasteiger partial charge is 0.487 e. The molecule has 5 atom stereocenters. The number of rotatable bonds is 8. The Hall–Kier alpha value is -3.39. The van der Waals surface area contributed by atoms with Gasteiger partial charge in [0.1, 0.15) is 23.9 Å². The average molecular weight is 523 g/mol. The molecule has 8 heteroatoms. The molecule has 5 unspecified atom stereocenters. The number of nitrogens with one attached hydrogen (secondary N) is 4. The van der Waals surface area contributed by atoms with Gasteiger partial charge in [0.2, 0.25) is 17.7 Å². The highest BCUT2D eigenvalue weighted by Gasteiger charge is 2.38. The van der Waals surface area contributed by atoms with E-state index >= 15 is 0 Å². The minimum atomic E-state index is -1.02. The topological polar surface area (TPSA) is 109 Å². The summed E-state index contributed by atoms with van der Waals surface area (Å²) in [6, 6.07) is 15.1. The zero-order valence-corrected chi connectivity index (χ0v) is 23.1. The van der Waals surface area contributed by atoms with E-state index in [9.17, 15) is 14.4 Å². The molecule has 2 aromatic carbocycles. The Morgan fingerprint density at radius 2 is 1.71 bits per heavy atom. The molecule has 38 heavy (non-hydrogen) atoms.